The SMILES string of the molecule is O=C(c1ccc(F)cc1)N1CCc2c(ncnc2NCC(O)C23CC4CC(CC(C4)C2)C3)C1. The molecule has 1 amide bonds. The van der Waals surface area contributed by atoms with Crippen molar-refractivity contribution in [2.45, 2.75) is 57.6 Å². The highest BCUT2D eigenvalue weighted by atomic mass is 19.1. The summed E-state index contributed by atoms with van der Waals surface area (Å²) in [5, 5.41) is 14.7. The molecular formula is C26H31FN4O2. The number of rotatable bonds is 5. The second-order valence-electron chi connectivity index (χ2n) is 10.8. The summed E-state index contributed by atoms with van der Waals surface area (Å²) >= 11 is 0. The number of hydrogen-bond acceptors (Lipinski definition) is 5. The van der Waals surface area contributed by atoms with Crippen LogP contribution in [0.15, 0.2) is 30.6 Å². The van der Waals surface area contributed by atoms with Crippen molar-refractivity contribution < 1.29 is 14.3 Å². The third kappa shape index (κ3) is 3.80. The van der Waals surface area contributed by atoms with Crippen molar-refractivity contribution in [2.75, 3.05) is 18.4 Å². The lowest BCUT2D eigenvalue weighted by atomic mass is 9.48. The maximum absolute atomic E-state index is 13.2. The fourth-order valence-corrected chi connectivity index (χ4v) is 7.45. The van der Waals surface area contributed by atoms with Gasteiger partial charge in [-0.15, -0.1) is 0 Å². The lowest BCUT2D eigenvalue weighted by Gasteiger charge is -2.58. The third-order valence-electron chi connectivity index (χ3n) is 8.64. The zero-order valence-electron chi connectivity index (χ0n) is 18.8. The summed E-state index contributed by atoms with van der Waals surface area (Å²) < 4.78 is 13.2. The maximum atomic E-state index is 13.2. The van der Waals surface area contributed by atoms with Crippen LogP contribution in [-0.4, -0.2) is 45.1 Å². The number of hydrogen-bond donors (Lipinski definition) is 2. The van der Waals surface area contributed by atoms with Gasteiger partial charge < -0.3 is 15.3 Å². The smallest absolute Gasteiger partial charge is 0.254 e. The number of aromatic nitrogens is 2. The fraction of sp³-hybridized carbons (Fsp3) is 0.577. The topological polar surface area (TPSA) is 78.4 Å². The number of benzene rings is 1. The van der Waals surface area contributed by atoms with Gasteiger partial charge >= 0.3 is 0 Å². The van der Waals surface area contributed by atoms with Crippen LogP contribution in [-0.2, 0) is 13.0 Å². The number of nitrogens with zero attached hydrogens (tertiary/aromatic N) is 3. The highest BCUT2D eigenvalue weighted by Crippen LogP contribution is 2.61. The molecule has 4 aliphatic carbocycles. The Balaban J connectivity index is 1.13. The van der Waals surface area contributed by atoms with Gasteiger partial charge in [0.05, 0.1) is 18.3 Å². The number of carbonyl (C=O) groups excluding carboxylic acids is 1. The van der Waals surface area contributed by atoms with E-state index in [9.17, 15) is 14.3 Å². The molecule has 0 radical (unpaired) electrons. The number of anilines is 1. The second kappa shape index (κ2) is 8.05. The van der Waals surface area contributed by atoms with Gasteiger partial charge in [0, 0.05) is 24.2 Å². The first-order chi connectivity index (χ1) is 16.0. The van der Waals surface area contributed by atoms with Gasteiger partial charge in [-0.25, -0.2) is 14.4 Å². The van der Waals surface area contributed by atoms with Gasteiger partial charge in [0.2, 0.25) is 0 Å². The minimum Gasteiger partial charge on any atom is -0.391 e. The lowest BCUT2D eigenvalue weighted by molar-refractivity contribution is -0.115. The molecule has 2 heterocycles. The lowest BCUT2D eigenvalue weighted by Crippen LogP contribution is -2.53. The van der Waals surface area contributed by atoms with Crippen molar-refractivity contribution in [3.63, 3.8) is 0 Å². The molecule has 4 saturated carbocycles. The van der Waals surface area contributed by atoms with Crippen LogP contribution in [0.25, 0.3) is 0 Å². The molecule has 7 rings (SSSR count). The highest BCUT2D eigenvalue weighted by Gasteiger charge is 2.53. The van der Waals surface area contributed by atoms with E-state index in [1.165, 1.54) is 69.1 Å². The van der Waals surface area contributed by atoms with Gasteiger partial charge in [0.25, 0.3) is 5.91 Å². The van der Waals surface area contributed by atoms with Gasteiger partial charge in [-0.05, 0) is 92.4 Å². The predicted octanol–water partition coefficient (Wildman–Crippen LogP) is 3.80. The summed E-state index contributed by atoms with van der Waals surface area (Å²) in [7, 11) is 0. The molecule has 33 heavy (non-hydrogen) atoms. The van der Waals surface area contributed by atoms with Crippen LogP contribution in [0.3, 0.4) is 0 Å². The predicted molar refractivity (Wildman–Crippen MR) is 122 cm³/mol. The van der Waals surface area contributed by atoms with Gasteiger partial charge in [0.15, 0.2) is 0 Å². The molecule has 4 fully saturated rings. The van der Waals surface area contributed by atoms with E-state index in [1.807, 2.05) is 0 Å². The van der Waals surface area contributed by atoms with Gasteiger partial charge in [-0.1, -0.05) is 0 Å². The Morgan fingerprint density at radius 3 is 2.45 bits per heavy atom. The number of aliphatic hydroxyl groups excluding tert-OH is 1. The van der Waals surface area contributed by atoms with Crippen LogP contribution in [0.4, 0.5) is 10.2 Å². The van der Waals surface area contributed by atoms with E-state index in [0.29, 0.717) is 31.6 Å². The number of aliphatic hydroxyl groups is 1. The second-order valence-corrected chi connectivity index (χ2v) is 10.8. The maximum Gasteiger partial charge on any atom is 0.254 e. The first kappa shape index (κ1) is 21.0. The average Bonchev–Trinajstić information content (AvgIpc) is 2.81. The molecule has 6 nitrogen and oxygen atoms in total. The molecule has 2 N–H and O–H groups in total. The van der Waals surface area contributed by atoms with Crippen molar-refractivity contribution in [1.29, 1.82) is 0 Å². The minimum absolute atomic E-state index is 0.0766. The van der Waals surface area contributed by atoms with Crippen LogP contribution in [0, 0.1) is 29.0 Å². The van der Waals surface area contributed by atoms with E-state index in [4.69, 9.17) is 0 Å². The fourth-order valence-electron chi connectivity index (χ4n) is 7.45. The number of halogens is 1. The van der Waals surface area contributed by atoms with Crippen molar-refractivity contribution in [1.82, 2.24) is 14.9 Å². The summed E-state index contributed by atoms with van der Waals surface area (Å²) in [6.45, 7) is 1.47. The molecule has 0 spiro atoms. The van der Waals surface area contributed by atoms with Crippen molar-refractivity contribution in [3.05, 3.63) is 53.2 Å². The Bertz CT molecular complexity index is 1020. The monoisotopic (exact) mass is 450 g/mol. The summed E-state index contributed by atoms with van der Waals surface area (Å²) in [5.41, 5.74) is 2.41. The summed E-state index contributed by atoms with van der Waals surface area (Å²) in [4.78, 5) is 23.5. The molecule has 0 saturated heterocycles. The van der Waals surface area contributed by atoms with E-state index < -0.39 is 0 Å². The molecule has 1 atom stereocenters. The Kier molecular flexibility index (Phi) is 5.13. The Labute approximate surface area is 193 Å². The van der Waals surface area contributed by atoms with E-state index in [0.717, 1.165) is 34.8 Å². The molecule has 4 bridgehead atoms. The molecular weight excluding hydrogens is 419 g/mol. The van der Waals surface area contributed by atoms with Crippen molar-refractivity contribution in [2.24, 2.45) is 23.2 Å². The first-order valence-corrected chi connectivity index (χ1v) is 12.3. The largest absolute Gasteiger partial charge is 0.391 e. The minimum atomic E-state index is -0.364. The van der Waals surface area contributed by atoms with Crippen molar-refractivity contribution >= 4 is 11.7 Å². The number of fused-ring (bicyclic) bond motifs is 1. The molecule has 2 aromatic rings. The quantitative estimate of drug-likeness (QED) is 0.725. The number of amides is 1. The Morgan fingerprint density at radius 1 is 1.12 bits per heavy atom. The summed E-state index contributed by atoms with van der Waals surface area (Å²) in [6.07, 6.45) is 9.43. The third-order valence-corrected chi connectivity index (χ3v) is 8.64. The van der Waals surface area contributed by atoms with Crippen LogP contribution in [0.5, 0.6) is 0 Å². The normalized spacial score (nSPS) is 30.7. The summed E-state index contributed by atoms with van der Waals surface area (Å²) in [5.74, 6) is 2.73. The number of carbonyl (C=O) groups is 1. The Hall–Kier alpha value is -2.54. The molecule has 1 unspecified atom stereocenters. The average molecular weight is 451 g/mol. The van der Waals surface area contributed by atoms with Gasteiger partial charge in [0.1, 0.15) is 18.0 Å². The van der Waals surface area contributed by atoms with Gasteiger partial charge in [-0.3, -0.25) is 4.79 Å². The van der Waals surface area contributed by atoms with E-state index >= 15 is 0 Å². The molecule has 1 aromatic carbocycles. The molecule has 1 aromatic heterocycles. The summed E-state index contributed by atoms with van der Waals surface area (Å²) in [6, 6.07) is 5.66. The van der Waals surface area contributed by atoms with E-state index in [-0.39, 0.29) is 23.2 Å². The zero-order valence-corrected chi connectivity index (χ0v) is 18.8. The molecule has 174 valence electrons. The van der Waals surface area contributed by atoms with Crippen LogP contribution >= 0.6 is 0 Å². The van der Waals surface area contributed by atoms with Gasteiger partial charge in [-0.2, -0.15) is 0 Å². The van der Waals surface area contributed by atoms with E-state index in [1.54, 1.807) is 4.90 Å². The van der Waals surface area contributed by atoms with Crippen LogP contribution < -0.4 is 5.32 Å². The molecule has 7 heteroatoms. The van der Waals surface area contributed by atoms with Crippen LogP contribution in [0.2, 0.25) is 0 Å². The molecule has 5 aliphatic rings. The first-order valence-electron chi connectivity index (χ1n) is 12.3. The Morgan fingerprint density at radius 2 is 1.79 bits per heavy atom. The highest BCUT2D eigenvalue weighted by molar-refractivity contribution is 5.94. The van der Waals surface area contributed by atoms with Crippen LogP contribution in [0.1, 0.15) is 60.1 Å². The van der Waals surface area contributed by atoms with Crippen molar-refractivity contribution in [3.8, 4) is 0 Å². The molecule has 1 aliphatic heterocycles. The zero-order chi connectivity index (χ0) is 22.6. The number of nitrogens with one attached hydrogen (secondary N) is 1. The van der Waals surface area contributed by atoms with E-state index in [2.05, 4.69) is 15.3 Å². The standard InChI is InChI=1S/C26H31FN4O2/c27-20-3-1-19(2-4-20)25(33)31-6-5-21-22(14-31)29-15-30-24(21)28-13-23(32)26-10-16-7-17(11-26)9-18(8-16)12-26/h1-4,15-18,23,32H,5-14H2,(H,28,29,30).